The van der Waals surface area contributed by atoms with E-state index in [1.54, 1.807) is 0 Å². The van der Waals surface area contributed by atoms with Gasteiger partial charge in [0.15, 0.2) is 0 Å². The Hall–Kier alpha value is -0.690. The van der Waals surface area contributed by atoms with E-state index < -0.39 is 0 Å². The number of phenols is 1. The van der Waals surface area contributed by atoms with Gasteiger partial charge in [0.05, 0.1) is 0 Å². The van der Waals surface area contributed by atoms with Crippen molar-refractivity contribution < 1.29 is 5.11 Å². The maximum Gasteiger partial charge on any atom is 0.123 e. The lowest BCUT2D eigenvalue weighted by molar-refractivity contribution is 0.423. The molecule has 0 radical (unpaired) electrons. The molecule has 1 rings (SSSR count). The summed E-state index contributed by atoms with van der Waals surface area (Å²) in [7, 11) is 0. The van der Waals surface area contributed by atoms with Gasteiger partial charge in [-0.2, -0.15) is 0 Å². The molecule has 1 aromatic carbocycles. The van der Waals surface area contributed by atoms with Gasteiger partial charge in [-0.1, -0.05) is 59.2 Å². The highest BCUT2D eigenvalue weighted by Crippen LogP contribution is 2.39. The molecule has 0 aliphatic carbocycles. The molecule has 2 heteroatoms. The molecule has 0 heterocycles. The van der Waals surface area contributed by atoms with E-state index in [9.17, 15) is 5.11 Å². The van der Waals surface area contributed by atoms with Crippen molar-refractivity contribution in [1.29, 1.82) is 0 Å². The lowest BCUT2D eigenvalue weighted by Crippen LogP contribution is -2.17. The first-order valence-corrected chi connectivity index (χ1v) is 5.88. The monoisotopic (exact) mass is 256 g/mol. The van der Waals surface area contributed by atoms with Gasteiger partial charge in [-0.15, -0.1) is 12.4 Å². The Kier molecular flexibility index (Phi) is 4.70. The Bertz CT molecular complexity index is 359. The van der Waals surface area contributed by atoms with Gasteiger partial charge in [0, 0.05) is 0 Å². The highest BCUT2D eigenvalue weighted by atomic mass is 35.5. The fraction of sp³-hybridized carbons (Fsp3) is 0.600. The lowest BCUT2D eigenvalue weighted by Gasteiger charge is -2.27. The quantitative estimate of drug-likeness (QED) is 0.712. The third kappa shape index (κ3) is 3.64. The molecule has 0 amide bonds. The maximum absolute atomic E-state index is 10.4. The zero-order chi connectivity index (χ0) is 12.7. The van der Waals surface area contributed by atoms with Crippen LogP contribution in [0.5, 0.6) is 5.75 Å². The summed E-state index contributed by atoms with van der Waals surface area (Å²) in [6, 6.07) is 4.18. The normalized spacial score (nSPS) is 12.2. The second-order valence-electron chi connectivity index (χ2n) is 6.71. The summed E-state index contributed by atoms with van der Waals surface area (Å²) in [5, 5.41) is 10.4. The van der Waals surface area contributed by atoms with E-state index in [0.29, 0.717) is 5.75 Å². The molecule has 0 aromatic heterocycles. The van der Waals surface area contributed by atoms with Crippen LogP contribution in [0.3, 0.4) is 0 Å². The number of benzene rings is 1. The van der Waals surface area contributed by atoms with E-state index in [1.807, 2.05) is 0 Å². The zero-order valence-electron chi connectivity index (χ0n) is 12.0. The third-order valence-electron chi connectivity index (χ3n) is 2.87. The average Bonchev–Trinajstić information content (AvgIpc) is 2.04. The molecule has 0 saturated heterocycles. The highest BCUT2D eigenvalue weighted by molar-refractivity contribution is 5.85. The predicted octanol–water partition coefficient (Wildman–Crippen LogP) is 4.72. The highest BCUT2D eigenvalue weighted by Gasteiger charge is 2.25. The zero-order valence-corrected chi connectivity index (χ0v) is 12.8. The van der Waals surface area contributed by atoms with Crippen LogP contribution in [-0.4, -0.2) is 5.11 Å². The van der Waals surface area contributed by atoms with Gasteiger partial charge in [0.25, 0.3) is 0 Å². The van der Waals surface area contributed by atoms with Crippen molar-refractivity contribution in [3.63, 3.8) is 0 Å². The first kappa shape index (κ1) is 16.3. The Labute approximate surface area is 112 Å². The number of rotatable bonds is 0. The van der Waals surface area contributed by atoms with Crippen LogP contribution < -0.4 is 0 Å². The standard InChI is InChI=1S/C15H24O.ClH/c1-10-8-11(14(2,3)4)13(16)12(9-10)15(5,6)7;/h8-9,16H,1-7H3;1H. The third-order valence-corrected chi connectivity index (χ3v) is 2.87. The first-order chi connectivity index (χ1) is 7.03. The van der Waals surface area contributed by atoms with Gasteiger partial charge in [-0.3, -0.25) is 0 Å². The summed E-state index contributed by atoms with van der Waals surface area (Å²) < 4.78 is 0. The fourth-order valence-corrected chi connectivity index (χ4v) is 1.92. The second-order valence-corrected chi connectivity index (χ2v) is 6.71. The number of aromatic hydroxyl groups is 1. The number of phenolic OH excluding ortho intramolecular Hbond substituents is 1. The van der Waals surface area contributed by atoms with Gasteiger partial charge in [0.1, 0.15) is 5.75 Å². The number of halogens is 1. The van der Waals surface area contributed by atoms with Crippen LogP contribution in [0.15, 0.2) is 12.1 Å². The van der Waals surface area contributed by atoms with E-state index in [0.717, 1.165) is 11.1 Å². The van der Waals surface area contributed by atoms with E-state index in [1.165, 1.54) is 5.56 Å². The molecule has 0 bridgehead atoms. The van der Waals surface area contributed by atoms with E-state index in [2.05, 4.69) is 60.6 Å². The van der Waals surface area contributed by atoms with Gasteiger partial charge >= 0.3 is 0 Å². The number of hydrogen-bond donors (Lipinski definition) is 1. The van der Waals surface area contributed by atoms with Crippen LogP contribution in [0.25, 0.3) is 0 Å². The topological polar surface area (TPSA) is 20.2 Å². The van der Waals surface area contributed by atoms with Crippen molar-refractivity contribution in [3.05, 3.63) is 28.8 Å². The molecule has 1 nitrogen and oxygen atoms in total. The molecule has 0 spiro atoms. The molecule has 0 fully saturated rings. The van der Waals surface area contributed by atoms with E-state index >= 15 is 0 Å². The Morgan fingerprint density at radius 2 is 1.12 bits per heavy atom. The maximum atomic E-state index is 10.4. The van der Waals surface area contributed by atoms with E-state index in [-0.39, 0.29) is 23.2 Å². The minimum atomic E-state index is -0.0178. The molecular formula is C15H25ClO. The van der Waals surface area contributed by atoms with Crippen LogP contribution >= 0.6 is 12.4 Å². The minimum absolute atomic E-state index is 0. The fourth-order valence-electron chi connectivity index (χ4n) is 1.92. The molecule has 0 aliphatic heterocycles. The molecule has 1 N–H and O–H groups in total. The average molecular weight is 257 g/mol. The molecular weight excluding hydrogens is 232 g/mol. The van der Waals surface area contributed by atoms with Crippen LogP contribution in [0.4, 0.5) is 0 Å². The first-order valence-electron chi connectivity index (χ1n) is 5.88. The summed E-state index contributed by atoms with van der Waals surface area (Å²) in [4.78, 5) is 0. The van der Waals surface area contributed by atoms with Crippen molar-refractivity contribution in [2.75, 3.05) is 0 Å². The smallest absolute Gasteiger partial charge is 0.123 e. The molecule has 0 atom stereocenters. The largest absolute Gasteiger partial charge is 0.507 e. The molecule has 98 valence electrons. The molecule has 0 unspecified atom stereocenters. The van der Waals surface area contributed by atoms with Crippen molar-refractivity contribution in [1.82, 2.24) is 0 Å². The van der Waals surface area contributed by atoms with Crippen LogP contribution in [-0.2, 0) is 10.8 Å². The van der Waals surface area contributed by atoms with Crippen molar-refractivity contribution >= 4 is 12.4 Å². The summed E-state index contributed by atoms with van der Waals surface area (Å²) in [5.74, 6) is 0.464. The Morgan fingerprint density at radius 1 is 0.824 bits per heavy atom. The van der Waals surface area contributed by atoms with Gasteiger partial charge in [-0.05, 0) is 28.9 Å². The summed E-state index contributed by atoms with van der Waals surface area (Å²) in [6.07, 6.45) is 0. The molecule has 1 aromatic rings. The van der Waals surface area contributed by atoms with Gasteiger partial charge < -0.3 is 5.11 Å². The molecule has 17 heavy (non-hydrogen) atoms. The number of hydrogen-bond acceptors (Lipinski definition) is 1. The van der Waals surface area contributed by atoms with Crippen molar-refractivity contribution in [2.24, 2.45) is 0 Å². The van der Waals surface area contributed by atoms with Crippen LogP contribution in [0.1, 0.15) is 58.2 Å². The van der Waals surface area contributed by atoms with Crippen LogP contribution in [0.2, 0.25) is 0 Å². The van der Waals surface area contributed by atoms with Gasteiger partial charge in [-0.25, -0.2) is 0 Å². The minimum Gasteiger partial charge on any atom is -0.507 e. The lowest BCUT2D eigenvalue weighted by atomic mass is 9.78. The summed E-state index contributed by atoms with van der Waals surface area (Å²) in [5.41, 5.74) is 3.26. The Balaban J connectivity index is 0.00000256. The SMILES string of the molecule is Cc1cc(C(C)(C)C)c(O)c(C(C)(C)C)c1.Cl. The van der Waals surface area contributed by atoms with Crippen molar-refractivity contribution in [3.8, 4) is 5.75 Å². The van der Waals surface area contributed by atoms with Crippen molar-refractivity contribution in [2.45, 2.75) is 59.3 Å². The van der Waals surface area contributed by atoms with Gasteiger partial charge in [0.2, 0.25) is 0 Å². The van der Waals surface area contributed by atoms with E-state index in [4.69, 9.17) is 0 Å². The molecule has 0 saturated carbocycles. The second kappa shape index (κ2) is 4.89. The molecule has 0 aliphatic rings. The van der Waals surface area contributed by atoms with Crippen LogP contribution in [0, 0.1) is 6.92 Å². The predicted molar refractivity (Wildman–Crippen MR) is 77.5 cm³/mol. The summed E-state index contributed by atoms with van der Waals surface area (Å²) in [6.45, 7) is 14.9. The summed E-state index contributed by atoms with van der Waals surface area (Å²) >= 11 is 0. The number of aryl methyl sites for hydroxylation is 1. The Morgan fingerprint density at radius 3 is 1.35 bits per heavy atom.